The van der Waals surface area contributed by atoms with Gasteiger partial charge in [-0.1, -0.05) is 13.8 Å². The second-order valence-corrected chi connectivity index (χ2v) is 4.88. The molecular formula is C12H25NO6. The smallest absolute Gasteiger partial charge is 0.222 e. The van der Waals surface area contributed by atoms with Crippen molar-refractivity contribution in [1.82, 2.24) is 5.32 Å². The zero-order chi connectivity index (χ0) is 15.0. The normalized spacial score (nSPS) is 17.9. The highest BCUT2D eigenvalue weighted by Gasteiger charge is 2.31. The van der Waals surface area contributed by atoms with Gasteiger partial charge in [0.2, 0.25) is 5.91 Å². The Hall–Kier alpha value is -0.730. The maximum Gasteiger partial charge on any atom is 0.222 e. The van der Waals surface area contributed by atoms with Gasteiger partial charge in [0.25, 0.3) is 0 Å². The van der Waals surface area contributed by atoms with Crippen molar-refractivity contribution in [1.29, 1.82) is 0 Å². The largest absolute Gasteiger partial charge is 0.394 e. The fourth-order valence-corrected chi connectivity index (χ4v) is 1.47. The topological polar surface area (TPSA) is 119 Å². The van der Waals surface area contributed by atoms with E-state index in [0.717, 1.165) is 0 Å². The summed E-state index contributed by atoms with van der Waals surface area (Å²) in [5.74, 6) is -0.0592. The number of aliphatic hydroxyl groups excluding tert-OH is 4. The molecule has 0 radical (unpaired) electrons. The van der Waals surface area contributed by atoms with Gasteiger partial charge in [-0.05, 0) is 12.3 Å². The summed E-state index contributed by atoms with van der Waals surface area (Å²) in [6, 6.07) is 0. The molecule has 4 unspecified atom stereocenters. The average molecular weight is 279 g/mol. The van der Waals surface area contributed by atoms with E-state index in [1.165, 1.54) is 7.11 Å². The Morgan fingerprint density at radius 2 is 1.79 bits per heavy atom. The Bertz CT molecular complexity index is 257. The van der Waals surface area contributed by atoms with Crippen LogP contribution in [0, 0.1) is 5.92 Å². The number of carbonyl (C=O) groups excluding carboxylic acids is 1. The molecule has 0 aliphatic rings. The molecule has 0 aliphatic carbocycles. The van der Waals surface area contributed by atoms with Crippen LogP contribution in [0.25, 0.3) is 0 Å². The van der Waals surface area contributed by atoms with Crippen molar-refractivity contribution in [2.75, 3.05) is 13.7 Å². The monoisotopic (exact) mass is 279 g/mol. The van der Waals surface area contributed by atoms with Gasteiger partial charge in [-0.3, -0.25) is 4.79 Å². The number of aliphatic hydroxyl groups is 4. The number of rotatable bonds is 9. The molecule has 114 valence electrons. The fourth-order valence-electron chi connectivity index (χ4n) is 1.47. The first kappa shape index (κ1) is 18.3. The number of carbonyl (C=O) groups is 1. The van der Waals surface area contributed by atoms with Gasteiger partial charge >= 0.3 is 0 Å². The maximum absolute atomic E-state index is 11.4. The first-order valence-corrected chi connectivity index (χ1v) is 6.30. The van der Waals surface area contributed by atoms with Crippen LogP contribution >= 0.6 is 0 Å². The Morgan fingerprint density at radius 3 is 2.21 bits per heavy atom. The molecule has 19 heavy (non-hydrogen) atoms. The molecule has 7 nitrogen and oxygen atoms in total. The lowest BCUT2D eigenvalue weighted by molar-refractivity contribution is -0.143. The summed E-state index contributed by atoms with van der Waals surface area (Å²) in [4.78, 5) is 11.4. The van der Waals surface area contributed by atoms with Crippen LogP contribution < -0.4 is 5.32 Å². The summed E-state index contributed by atoms with van der Waals surface area (Å²) < 4.78 is 4.73. The van der Waals surface area contributed by atoms with Gasteiger partial charge in [0, 0.05) is 13.5 Å². The lowest BCUT2D eigenvalue weighted by atomic mass is 10.1. The van der Waals surface area contributed by atoms with Gasteiger partial charge in [-0.15, -0.1) is 0 Å². The average Bonchev–Trinajstić information content (AvgIpc) is 2.36. The van der Waals surface area contributed by atoms with Crippen LogP contribution in [0.2, 0.25) is 0 Å². The first-order chi connectivity index (χ1) is 8.83. The molecule has 7 heteroatoms. The highest BCUT2D eigenvalue weighted by molar-refractivity contribution is 5.76. The van der Waals surface area contributed by atoms with E-state index in [4.69, 9.17) is 9.84 Å². The third-order valence-electron chi connectivity index (χ3n) is 2.79. The molecule has 0 aliphatic heterocycles. The van der Waals surface area contributed by atoms with Crippen molar-refractivity contribution in [2.24, 2.45) is 5.92 Å². The molecule has 4 atom stereocenters. The van der Waals surface area contributed by atoms with E-state index >= 15 is 0 Å². The zero-order valence-corrected chi connectivity index (χ0v) is 11.6. The standard InChI is InChI=1S/C12H25NO6/c1-7(2)4-5-9(15)13-12(18)11(17)10(16)8(6-14)19-3/h7-8,10-12,14,16-18H,4-6H2,1-3H3,(H,13,15). The molecule has 0 aromatic heterocycles. The Balaban J connectivity index is 4.25. The minimum absolute atomic E-state index is 0.227. The number of amides is 1. The predicted molar refractivity (Wildman–Crippen MR) is 68.1 cm³/mol. The maximum atomic E-state index is 11.4. The van der Waals surface area contributed by atoms with Gasteiger partial charge < -0.3 is 30.5 Å². The van der Waals surface area contributed by atoms with Crippen LogP contribution in [0.3, 0.4) is 0 Å². The lowest BCUT2D eigenvalue weighted by Gasteiger charge is -2.27. The second kappa shape index (κ2) is 9.22. The molecule has 0 spiro atoms. The van der Waals surface area contributed by atoms with Gasteiger partial charge in [-0.25, -0.2) is 0 Å². The Labute approximate surface area is 113 Å². The number of hydrogen-bond acceptors (Lipinski definition) is 6. The van der Waals surface area contributed by atoms with Crippen LogP contribution in [-0.2, 0) is 9.53 Å². The third-order valence-corrected chi connectivity index (χ3v) is 2.79. The van der Waals surface area contributed by atoms with Crippen molar-refractivity contribution < 1.29 is 30.0 Å². The molecule has 0 bridgehead atoms. The molecule has 5 N–H and O–H groups in total. The molecule has 0 saturated carbocycles. The molecule has 0 rings (SSSR count). The summed E-state index contributed by atoms with van der Waals surface area (Å²) in [5, 5.41) is 39.9. The van der Waals surface area contributed by atoms with Crippen molar-refractivity contribution in [3.05, 3.63) is 0 Å². The second-order valence-electron chi connectivity index (χ2n) is 4.88. The summed E-state index contributed by atoms with van der Waals surface area (Å²) in [6.45, 7) is 3.42. The van der Waals surface area contributed by atoms with Gasteiger partial charge in [0.15, 0.2) is 6.23 Å². The number of ether oxygens (including phenoxy) is 1. The fraction of sp³-hybridized carbons (Fsp3) is 0.917. The van der Waals surface area contributed by atoms with Crippen LogP contribution in [0.1, 0.15) is 26.7 Å². The Morgan fingerprint density at radius 1 is 1.21 bits per heavy atom. The minimum atomic E-state index is -1.64. The molecule has 0 fully saturated rings. The molecule has 0 heterocycles. The summed E-state index contributed by atoms with van der Waals surface area (Å²) in [5.41, 5.74) is 0. The van der Waals surface area contributed by atoms with Crippen molar-refractivity contribution in [3.8, 4) is 0 Å². The number of nitrogens with one attached hydrogen (secondary N) is 1. The van der Waals surface area contributed by atoms with Gasteiger partial charge in [0.1, 0.15) is 18.3 Å². The van der Waals surface area contributed by atoms with E-state index in [-0.39, 0.29) is 6.42 Å². The van der Waals surface area contributed by atoms with E-state index < -0.39 is 37.1 Å². The summed E-state index contributed by atoms with van der Waals surface area (Å²) >= 11 is 0. The minimum Gasteiger partial charge on any atom is -0.394 e. The van der Waals surface area contributed by atoms with E-state index in [1.54, 1.807) is 0 Å². The van der Waals surface area contributed by atoms with Crippen molar-refractivity contribution >= 4 is 5.91 Å². The van der Waals surface area contributed by atoms with Crippen LogP contribution in [-0.4, -0.2) is 64.6 Å². The van der Waals surface area contributed by atoms with E-state index in [1.807, 2.05) is 13.8 Å². The SMILES string of the molecule is COC(CO)C(O)C(O)C(O)NC(=O)CCC(C)C. The van der Waals surface area contributed by atoms with E-state index in [2.05, 4.69) is 5.32 Å². The molecule has 1 amide bonds. The highest BCUT2D eigenvalue weighted by atomic mass is 16.5. The van der Waals surface area contributed by atoms with Gasteiger partial charge in [-0.2, -0.15) is 0 Å². The number of methoxy groups -OCH3 is 1. The molecular weight excluding hydrogens is 254 g/mol. The molecule has 0 saturated heterocycles. The summed E-state index contributed by atoms with van der Waals surface area (Å²) in [6.07, 6.45) is -4.90. The quantitative estimate of drug-likeness (QED) is 0.331. The highest BCUT2D eigenvalue weighted by Crippen LogP contribution is 2.07. The Kier molecular flexibility index (Phi) is 8.86. The predicted octanol–water partition coefficient (Wildman–Crippen LogP) is -1.41. The van der Waals surface area contributed by atoms with E-state index in [9.17, 15) is 20.1 Å². The van der Waals surface area contributed by atoms with Crippen molar-refractivity contribution in [2.45, 2.75) is 51.2 Å². The zero-order valence-electron chi connectivity index (χ0n) is 11.6. The third kappa shape index (κ3) is 6.84. The lowest BCUT2D eigenvalue weighted by Crippen LogP contribution is -2.53. The number of hydrogen-bond donors (Lipinski definition) is 5. The van der Waals surface area contributed by atoms with Crippen LogP contribution in [0.15, 0.2) is 0 Å². The first-order valence-electron chi connectivity index (χ1n) is 6.30. The summed E-state index contributed by atoms with van der Waals surface area (Å²) in [7, 11) is 1.25. The molecule has 0 aromatic rings. The van der Waals surface area contributed by atoms with E-state index in [0.29, 0.717) is 12.3 Å². The van der Waals surface area contributed by atoms with Crippen molar-refractivity contribution in [3.63, 3.8) is 0 Å². The molecule has 0 aromatic carbocycles. The van der Waals surface area contributed by atoms with Crippen LogP contribution in [0.5, 0.6) is 0 Å². The van der Waals surface area contributed by atoms with Crippen LogP contribution in [0.4, 0.5) is 0 Å². The van der Waals surface area contributed by atoms with Gasteiger partial charge in [0.05, 0.1) is 6.61 Å².